The van der Waals surface area contributed by atoms with E-state index in [0.29, 0.717) is 21.6 Å². The first-order valence-electron chi connectivity index (χ1n) is 9.79. The molecule has 3 aromatic rings. The van der Waals surface area contributed by atoms with E-state index in [0.717, 1.165) is 31.6 Å². The number of piperidine rings is 1. The average molecular weight is 412 g/mol. The van der Waals surface area contributed by atoms with Crippen molar-refractivity contribution in [3.63, 3.8) is 0 Å². The van der Waals surface area contributed by atoms with E-state index < -0.39 is 0 Å². The summed E-state index contributed by atoms with van der Waals surface area (Å²) in [5, 5.41) is 12.0. The fourth-order valence-electron chi connectivity index (χ4n) is 3.61. The highest BCUT2D eigenvalue weighted by molar-refractivity contribution is 6.31. The number of amides is 1. The highest BCUT2D eigenvalue weighted by Crippen LogP contribution is 2.31. The standard InChI is InChI=1S/C21H22ClN5O2/c22-15-8-9-19(26-11-4-1-5-12-26)18(14-15)23-20(28)10-13-27-21(29)16-6-2-3-7-17(16)24-25-27/h2-3,6-9,14H,1,4-5,10-13H2,(H,23,28). The Kier molecular flexibility index (Phi) is 5.76. The van der Waals surface area contributed by atoms with Gasteiger partial charge >= 0.3 is 0 Å². The quantitative estimate of drug-likeness (QED) is 0.695. The number of aromatic nitrogens is 3. The van der Waals surface area contributed by atoms with Gasteiger partial charge in [-0.05, 0) is 49.6 Å². The highest BCUT2D eigenvalue weighted by Gasteiger charge is 2.16. The minimum Gasteiger partial charge on any atom is -0.370 e. The molecule has 0 unspecified atom stereocenters. The van der Waals surface area contributed by atoms with Crippen molar-refractivity contribution in [1.82, 2.24) is 15.0 Å². The van der Waals surface area contributed by atoms with E-state index in [-0.39, 0.29) is 24.4 Å². The van der Waals surface area contributed by atoms with Crippen LogP contribution < -0.4 is 15.8 Å². The number of fused-ring (bicyclic) bond motifs is 1. The van der Waals surface area contributed by atoms with E-state index >= 15 is 0 Å². The number of rotatable bonds is 5. The summed E-state index contributed by atoms with van der Waals surface area (Å²) >= 11 is 6.15. The Labute approximate surface area is 173 Å². The molecule has 4 rings (SSSR count). The number of halogens is 1. The minimum absolute atomic E-state index is 0.110. The molecule has 0 radical (unpaired) electrons. The van der Waals surface area contributed by atoms with Gasteiger partial charge in [0.1, 0.15) is 5.52 Å². The molecule has 1 fully saturated rings. The molecule has 0 bridgehead atoms. The van der Waals surface area contributed by atoms with Crippen LogP contribution in [0.15, 0.2) is 47.3 Å². The number of aryl methyl sites for hydroxylation is 1. The van der Waals surface area contributed by atoms with Gasteiger partial charge in [0.05, 0.1) is 23.3 Å². The van der Waals surface area contributed by atoms with Crippen molar-refractivity contribution in [2.75, 3.05) is 23.3 Å². The predicted molar refractivity (Wildman–Crippen MR) is 115 cm³/mol. The molecule has 2 aromatic carbocycles. The van der Waals surface area contributed by atoms with Gasteiger partial charge in [-0.15, -0.1) is 5.10 Å². The molecule has 0 spiro atoms. The average Bonchev–Trinajstić information content (AvgIpc) is 2.74. The van der Waals surface area contributed by atoms with Gasteiger partial charge < -0.3 is 10.2 Å². The first-order chi connectivity index (χ1) is 14.1. The van der Waals surface area contributed by atoms with Crippen LogP contribution in [0.3, 0.4) is 0 Å². The van der Waals surface area contributed by atoms with Gasteiger partial charge in [0.15, 0.2) is 0 Å². The lowest BCUT2D eigenvalue weighted by Gasteiger charge is -2.30. The van der Waals surface area contributed by atoms with Crippen LogP contribution in [0.5, 0.6) is 0 Å². The zero-order chi connectivity index (χ0) is 20.2. The third-order valence-electron chi connectivity index (χ3n) is 5.11. The Bertz CT molecular complexity index is 1090. The second kappa shape index (κ2) is 8.61. The first-order valence-corrected chi connectivity index (χ1v) is 10.2. The third kappa shape index (κ3) is 4.40. The maximum Gasteiger partial charge on any atom is 0.277 e. The first kappa shape index (κ1) is 19.4. The van der Waals surface area contributed by atoms with E-state index in [9.17, 15) is 9.59 Å². The number of nitrogens with zero attached hydrogens (tertiary/aromatic N) is 4. The van der Waals surface area contributed by atoms with Gasteiger partial charge in [-0.1, -0.05) is 28.9 Å². The van der Waals surface area contributed by atoms with Crippen molar-refractivity contribution in [3.05, 3.63) is 57.8 Å². The van der Waals surface area contributed by atoms with Gasteiger partial charge in [-0.3, -0.25) is 9.59 Å². The molecule has 150 valence electrons. The summed E-state index contributed by atoms with van der Waals surface area (Å²) in [5.41, 5.74) is 1.97. The molecule has 29 heavy (non-hydrogen) atoms. The van der Waals surface area contributed by atoms with Crippen LogP contribution in [0, 0.1) is 0 Å². The second-order valence-corrected chi connectivity index (χ2v) is 7.58. The topological polar surface area (TPSA) is 80.1 Å². The normalized spacial score (nSPS) is 14.2. The van der Waals surface area contributed by atoms with Gasteiger partial charge in [-0.2, -0.15) is 0 Å². The van der Waals surface area contributed by atoms with Crippen LogP contribution in [-0.2, 0) is 11.3 Å². The SMILES string of the molecule is O=C(CCn1nnc2ccccc2c1=O)Nc1cc(Cl)ccc1N1CCCCC1. The second-order valence-electron chi connectivity index (χ2n) is 7.14. The largest absolute Gasteiger partial charge is 0.370 e. The van der Waals surface area contributed by atoms with Crippen LogP contribution in [0.1, 0.15) is 25.7 Å². The molecular weight excluding hydrogens is 390 g/mol. The van der Waals surface area contributed by atoms with Crippen molar-refractivity contribution in [2.24, 2.45) is 0 Å². The molecule has 2 heterocycles. The summed E-state index contributed by atoms with van der Waals surface area (Å²) in [6.07, 6.45) is 3.62. The number of anilines is 2. The Morgan fingerprint density at radius 2 is 1.90 bits per heavy atom. The van der Waals surface area contributed by atoms with E-state index in [2.05, 4.69) is 20.5 Å². The van der Waals surface area contributed by atoms with Gasteiger partial charge in [0, 0.05) is 24.5 Å². The Hall–Kier alpha value is -2.93. The van der Waals surface area contributed by atoms with E-state index in [1.807, 2.05) is 12.1 Å². The molecule has 0 aliphatic carbocycles. The van der Waals surface area contributed by atoms with Crippen LogP contribution >= 0.6 is 11.6 Å². The zero-order valence-electron chi connectivity index (χ0n) is 16.0. The van der Waals surface area contributed by atoms with E-state index in [1.165, 1.54) is 11.1 Å². The summed E-state index contributed by atoms with van der Waals surface area (Å²) in [5.74, 6) is -0.201. The Morgan fingerprint density at radius 3 is 2.72 bits per heavy atom. The Balaban J connectivity index is 1.47. The minimum atomic E-state index is -0.250. The van der Waals surface area contributed by atoms with Crippen LogP contribution in [-0.4, -0.2) is 34.0 Å². The van der Waals surface area contributed by atoms with E-state index in [4.69, 9.17) is 11.6 Å². The number of nitrogens with one attached hydrogen (secondary N) is 1. The molecule has 1 aliphatic heterocycles. The van der Waals surface area contributed by atoms with Gasteiger partial charge in [0.2, 0.25) is 5.91 Å². The highest BCUT2D eigenvalue weighted by atomic mass is 35.5. The number of hydrogen-bond acceptors (Lipinski definition) is 5. The maximum absolute atomic E-state index is 12.6. The number of benzene rings is 2. The maximum atomic E-state index is 12.6. The van der Waals surface area contributed by atoms with Crippen molar-refractivity contribution in [2.45, 2.75) is 32.2 Å². The molecule has 1 saturated heterocycles. The molecular formula is C21H22ClN5O2. The monoisotopic (exact) mass is 411 g/mol. The van der Waals surface area contributed by atoms with Crippen LogP contribution in [0.25, 0.3) is 10.9 Å². The molecule has 1 amide bonds. The van der Waals surface area contributed by atoms with Crippen LogP contribution in [0.4, 0.5) is 11.4 Å². The van der Waals surface area contributed by atoms with Gasteiger partial charge in [-0.25, -0.2) is 4.68 Å². The number of hydrogen-bond donors (Lipinski definition) is 1. The zero-order valence-corrected chi connectivity index (χ0v) is 16.7. The smallest absolute Gasteiger partial charge is 0.277 e. The van der Waals surface area contributed by atoms with Gasteiger partial charge in [0.25, 0.3) is 5.56 Å². The lowest BCUT2D eigenvalue weighted by Crippen LogP contribution is -2.30. The van der Waals surface area contributed by atoms with Crippen molar-refractivity contribution in [1.29, 1.82) is 0 Å². The lowest BCUT2D eigenvalue weighted by atomic mass is 10.1. The summed E-state index contributed by atoms with van der Waals surface area (Å²) < 4.78 is 1.23. The summed E-state index contributed by atoms with van der Waals surface area (Å²) in [6, 6.07) is 12.6. The van der Waals surface area contributed by atoms with E-state index in [1.54, 1.807) is 30.3 Å². The molecule has 8 heteroatoms. The molecule has 7 nitrogen and oxygen atoms in total. The summed E-state index contributed by atoms with van der Waals surface area (Å²) in [4.78, 5) is 27.4. The van der Waals surface area contributed by atoms with Crippen molar-refractivity contribution in [3.8, 4) is 0 Å². The Morgan fingerprint density at radius 1 is 1.10 bits per heavy atom. The lowest BCUT2D eigenvalue weighted by molar-refractivity contribution is -0.116. The number of carbonyl (C=O) groups excluding carboxylic acids is 1. The molecule has 0 saturated carbocycles. The number of carbonyl (C=O) groups is 1. The van der Waals surface area contributed by atoms with Crippen LogP contribution in [0.2, 0.25) is 5.02 Å². The summed E-state index contributed by atoms with van der Waals surface area (Å²) in [6.45, 7) is 2.08. The molecule has 1 aliphatic rings. The fourth-order valence-corrected chi connectivity index (χ4v) is 3.78. The summed E-state index contributed by atoms with van der Waals surface area (Å²) in [7, 11) is 0. The molecule has 0 atom stereocenters. The molecule has 1 N–H and O–H groups in total. The predicted octanol–water partition coefficient (Wildman–Crippen LogP) is 3.46. The third-order valence-corrected chi connectivity index (χ3v) is 5.34. The van der Waals surface area contributed by atoms with Crippen molar-refractivity contribution >= 4 is 39.8 Å². The van der Waals surface area contributed by atoms with Crippen molar-refractivity contribution < 1.29 is 4.79 Å². The molecule has 1 aromatic heterocycles. The fraction of sp³-hybridized carbons (Fsp3) is 0.333.